The van der Waals surface area contributed by atoms with Crippen molar-refractivity contribution in [1.29, 1.82) is 0 Å². The third-order valence-corrected chi connectivity index (χ3v) is 4.94. The fraction of sp³-hybridized carbons (Fsp3) is 0.529. The number of nitro groups is 1. The highest BCUT2D eigenvalue weighted by atomic mass is 16.6. The van der Waals surface area contributed by atoms with Crippen molar-refractivity contribution in [2.45, 2.75) is 32.4 Å². The van der Waals surface area contributed by atoms with E-state index < -0.39 is 0 Å². The van der Waals surface area contributed by atoms with Gasteiger partial charge < -0.3 is 9.80 Å². The molecule has 1 saturated heterocycles. The minimum Gasteiger partial charge on any atom is -0.357 e. The predicted octanol–water partition coefficient (Wildman–Crippen LogP) is 2.10. The molecule has 0 aliphatic carbocycles. The van der Waals surface area contributed by atoms with Crippen molar-refractivity contribution >= 4 is 11.5 Å². The number of hydrogen-bond donors (Lipinski definition) is 0. The van der Waals surface area contributed by atoms with Crippen molar-refractivity contribution in [1.82, 2.24) is 19.7 Å². The molecule has 8 heteroatoms. The zero-order chi connectivity index (χ0) is 17.8. The second-order valence-corrected chi connectivity index (χ2v) is 6.54. The maximum absolute atomic E-state index is 10.9. The van der Waals surface area contributed by atoms with Crippen LogP contribution in [-0.2, 0) is 6.54 Å². The molecule has 0 aromatic carbocycles. The molecule has 2 aromatic rings. The van der Waals surface area contributed by atoms with E-state index in [-0.39, 0.29) is 10.6 Å². The molecule has 1 fully saturated rings. The van der Waals surface area contributed by atoms with Crippen LogP contribution >= 0.6 is 0 Å². The van der Waals surface area contributed by atoms with Crippen LogP contribution in [0.15, 0.2) is 30.7 Å². The third-order valence-electron chi connectivity index (χ3n) is 4.94. The number of hydrogen-bond acceptors (Lipinski definition) is 6. The molecular formula is C17H24N6O2. The van der Waals surface area contributed by atoms with Gasteiger partial charge in [0.05, 0.1) is 11.5 Å². The lowest BCUT2D eigenvalue weighted by atomic mass is 10.0. The maximum Gasteiger partial charge on any atom is 0.290 e. The van der Waals surface area contributed by atoms with Crippen molar-refractivity contribution in [2.24, 2.45) is 0 Å². The van der Waals surface area contributed by atoms with Gasteiger partial charge in [-0.2, -0.15) is 5.10 Å². The van der Waals surface area contributed by atoms with E-state index in [9.17, 15) is 10.1 Å². The molecule has 1 aliphatic heterocycles. The van der Waals surface area contributed by atoms with Crippen LogP contribution in [0.2, 0.25) is 0 Å². The van der Waals surface area contributed by atoms with Crippen molar-refractivity contribution in [3.63, 3.8) is 0 Å². The van der Waals surface area contributed by atoms with Crippen molar-refractivity contribution < 1.29 is 4.92 Å². The molecule has 0 unspecified atom stereocenters. The molecule has 3 rings (SSSR count). The molecule has 0 atom stereocenters. The summed E-state index contributed by atoms with van der Waals surface area (Å²) >= 11 is 0. The summed E-state index contributed by atoms with van der Waals surface area (Å²) in [5.41, 5.74) is 0.726. The van der Waals surface area contributed by atoms with Gasteiger partial charge in [0.25, 0.3) is 5.69 Å². The zero-order valence-corrected chi connectivity index (χ0v) is 14.7. The Labute approximate surface area is 147 Å². The standard InChI is InChI=1S/C17H24N6O2/c1-14-12-17(18-13-16(14)23(24)25)20(2)15-4-8-21(9-5-15)10-11-22-7-3-6-19-22/h3,6-7,12-13,15H,4-5,8-11H2,1-2H3. The van der Waals surface area contributed by atoms with Crippen LogP contribution in [0.3, 0.4) is 0 Å². The largest absolute Gasteiger partial charge is 0.357 e. The quantitative estimate of drug-likeness (QED) is 0.590. The second-order valence-electron chi connectivity index (χ2n) is 6.54. The van der Waals surface area contributed by atoms with Gasteiger partial charge in [0, 0.05) is 50.7 Å². The van der Waals surface area contributed by atoms with Crippen LogP contribution in [0, 0.1) is 17.0 Å². The van der Waals surface area contributed by atoms with Gasteiger partial charge in [-0.15, -0.1) is 0 Å². The molecule has 0 amide bonds. The molecule has 3 heterocycles. The summed E-state index contributed by atoms with van der Waals surface area (Å²) in [5.74, 6) is 0.804. The van der Waals surface area contributed by atoms with Crippen LogP contribution in [0.25, 0.3) is 0 Å². The lowest BCUT2D eigenvalue weighted by molar-refractivity contribution is -0.385. The predicted molar refractivity (Wildman–Crippen MR) is 95.7 cm³/mol. The van der Waals surface area contributed by atoms with Gasteiger partial charge in [-0.05, 0) is 31.9 Å². The van der Waals surface area contributed by atoms with Crippen LogP contribution < -0.4 is 4.90 Å². The molecule has 0 spiro atoms. The summed E-state index contributed by atoms with van der Waals surface area (Å²) in [6.07, 6.45) is 7.28. The summed E-state index contributed by atoms with van der Waals surface area (Å²) in [6, 6.07) is 4.16. The first-order valence-electron chi connectivity index (χ1n) is 8.58. The van der Waals surface area contributed by atoms with Gasteiger partial charge in [-0.25, -0.2) is 4.98 Å². The van der Waals surface area contributed by atoms with E-state index in [1.807, 2.05) is 30.1 Å². The second kappa shape index (κ2) is 7.60. The van der Waals surface area contributed by atoms with Gasteiger partial charge >= 0.3 is 0 Å². The van der Waals surface area contributed by atoms with E-state index >= 15 is 0 Å². The highest BCUT2D eigenvalue weighted by Crippen LogP contribution is 2.24. The van der Waals surface area contributed by atoms with Crippen LogP contribution in [0.1, 0.15) is 18.4 Å². The molecule has 134 valence electrons. The number of likely N-dealkylation sites (tertiary alicyclic amines) is 1. The first-order valence-corrected chi connectivity index (χ1v) is 8.58. The molecule has 8 nitrogen and oxygen atoms in total. The Balaban J connectivity index is 1.53. The van der Waals surface area contributed by atoms with E-state index in [4.69, 9.17) is 0 Å². The minimum absolute atomic E-state index is 0.0746. The van der Waals surface area contributed by atoms with Crippen molar-refractivity contribution in [2.75, 3.05) is 31.6 Å². The Morgan fingerprint density at radius 3 is 2.72 bits per heavy atom. The average Bonchev–Trinajstić information content (AvgIpc) is 3.13. The Morgan fingerprint density at radius 2 is 2.12 bits per heavy atom. The Morgan fingerprint density at radius 1 is 1.36 bits per heavy atom. The summed E-state index contributed by atoms with van der Waals surface area (Å²) < 4.78 is 1.96. The number of rotatable bonds is 6. The lowest BCUT2D eigenvalue weighted by Crippen LogP contribution is -2.44. The van der Waals surface area contributed by atoms with E-state index in [0.29, 0.717) is 11.6 Å². The summed E-state index contributed by atoms with van der Waals surface area (Å²) in [5, 5.41) is 15.2. The third kappa shape index (κ3) is 4.14. The van der Waals surface area contributed by atoms with Gasteiger partial charge in [-0.1, -0.05) is 0 Å². The Kier molecular flexibility index (Phi) is 5.28. The van der Waals surface area contributed by atoms with E-state index in [0.717, 1.165) is 44.8 Å². The van der Waals surface area contributed by atoms with E-state index in [2.05, 4.69) is 19.9 Å². The first-order chi connectivity index (χ1) is 12.0. The fourth-order valence-electron chi connectivity index (χ4n) is 3.31. The fourth-order valence-corrected chi connectivity index (χ4v) is 3.31. The Hall–Kier alpha value is -2.48. The van der Waals surface area contributed by atoms with Gasteiger partial charge in [0.2, 0.25) is 0 Å². The van der Waals surface area contributed by atoms with Crippen molar-refractivity contribution in [3.8, 4) is 0 Å². The summed E-state index contributed by atoms with van der Waals surface area (Å²) in [6.45, 7) is 5.77. The lowest BCUT2D eigenvalue weighted by Gasteiger charge is -2.37. The maximum atomic E-state index is 10.9. The summed E-state index contributed by atoms with van der Waals surface area (Å²) in [4.78, 5) is 19.4. The zero-order valence-electron chi connectivity index (χ0n) is 14.7. The molecule has 0 bridgehead atoms. The van der Waals surface area contributed by atoms with Crippen molar-refractivity contribution in [3.05, 3.63) is 46.4 Å². The number of pyridine rings is 1. The molecule has 0 saturated carbocycles. The van der Waals surface area contributed by atoms with E-state index in [1.54, 1.807) is 13.1 Å². The van der Waals surface area contributed by atoms with Gasteiger partial charge in [0.1, 0.15) is 12.0 Å². The van der Waals surface area contributed by atoms with Crippen LogP contribution in [0.5, 0.6) is 0 Å². The molecular weight excluding hydrogens is 320 g/mol. The monoisotopic (exact) mass is 344 g/mol. The molecule has 0 radical (unpaired) electrons. The molecule has 1 aliphatic rings. The van der Waals surface area contributed by atoms with Crippen LogP contribution in [0.4, 0.5) is 11.5 Å². The first kappa shape index (κ1) is 17.3. The molecule has 0 N–H and O–H groups in total. The Bertz CT molecular complexity index is 710. The molecule has 25 heavy (non-hydrogen) atoms. The van der Waals surface area contributed by atoms with E-state index in [1.165, 1.54) is 6.20 Å². The van der Waals surface area contributed by atoms with Gasteiger partial charge in [0.15, 0.2) is 0 Å². The topological polar surface area (TPSA) is 80.3 Å². The summed E-state index contributed by atoms with van der Waals surface area (Å²) in [7, 11) is 2.03. The number of piperidine rings is 1. The van der Waals surface area contributed by atoms with Gasteiger partial charge in [-0.3, -0.25) is 14.8 Å². The number of aromatic nitrogens is 3. The molecule has 2 aromatic heterocycles. The number of anilines is 1. The number of nitrogens with zero attached hydrogens (tertiary/aromatic N) is 6. The smallest absolute Gasteiger partial charge is 0.290 e. The SMILES string of the molecule is Cc1cc(N(C)C2CCN(CCn3cccn3)CC2)ncc1[N+](=O)[O-]. The highest BCUT2D eigenvalue weighted by molar-refractivity contribution is 5.48. The normalized spacial score (nSPS) is 16.1. The van der Waals surface area contributed by atoms with Crippen LogP contribution in [-0.4, -0.2) is 57.3 Å². The highest BCUT2D eigenvalue weighted by Gasteiger charge is 2.24. The average molecular weight is 344 g/mol. The number of aryl methyl sites for hydroxylation is 1. The minimum atomic E-state index is -0.385.